The molecule has 0 aliphatic heterocycles. The Morgan fingerprint density at radius 3 is 2.42 bits per heavy atom. The molecule has 1 unspecified atom stereocenters. The summed E-state index contributed by atoms with van der Waals surface area (Å²) >= 11 is 0. The Hall–Kier alpha value is -1.53. The van der Waals surface area contributed by atoms with Gasteiger partial charge in [-0.2, -0.15) is 5.26 Å². The molecule has 0 heterocycles. The van der Waals surface area contributed by atoms with E-state index in [0.717, 1.165) is 5.75 Å². The van der Waals surface area contributed by atoms with Crippen LogP contribution in [0, 0.1) is 11.3 Å². The summed E-state index contributed by atoms with van der Waals surface area (Å²) in [5.41, 5.74) is 0.505. The van der Waals surface area contributed by atoms with E-state index in [9.17, 15) is 5.26 Å². The van der Waals surface area contributed by atoms with E-state index in [4.69, 9.17) is 4.74 Å². The minimum absolute atomic E-state index is 0.244. The molecule has 0 spiro atoms. The van der Waals surface area contributed by atoms with Crippen molar-refractivity contribution in [3.05, 3.63) is 29.8 Å². The summed E-state index contributed by atoms with van der Waals surface area (Å²) in [6.07, 6.45) is 0. The van der Waals surface area contributed by atoms with Crippen molar-refractivity contribution in [2.24, 2.45) is 0 Å². The number of nitriles is 1. The van der Waals surface area contributed by atoms with Gasteiger partial charge >= 0.3 is 0 Å². The van der Waals surface area contributed by atoms with Gasteiger partial charge in [-0.1, -0.05) is 32.0 Å². The Kier molecular flexibility index (Phi) is 5.38. The van der Waals surface area contributed by atoms with Crippen LogP contribution in [0.15, 0.2) is 24.3 Å². The highest BCUT2D eigenvalue weighted by Crippen LogP contribution is 2.26. The van der Waals surface area contributed by atoms with Gasteiger partial charge in [0.15, 0.2) is 0 Å². The van der Waals surface area contributed by atoms with Gasteiger partial charge in [0.25, 0.3) is 0 Å². The van der Waals surface area contributed by atoms with Gasteiger partial charge < -0.3 is 4.74 Å². The molecular formula is C16H24N2O. The maximum absolute atomic E-state index is 9.30. The molecule has 0 radical (unpaired) electrons. The monoisotopic (exact) mass is 260 g/mol. The van der Waals surface area contributed by atoms with Gasteiger partial charge in [0, 0.05) is 6.04 Å². The van der Waals surface area contributed by atoms with E-state index in [0.29, 0.717) is 12.5 Å². The predicted octanol–water partition coefficient (Wildman–Crippen LogP) is 3.47. The predicted molar refractivity (Wildman–Crippen MR) is 78.3 cm³/mol. The zero-order valence-corrected chi connectivity index (χ0v) is 12.5. The van der Waals surface area contributed by atoms with Crippen molar-refractivity contribution in [2.45, 2.75) is 52.1 Å². The largest absolute Gasteiger partial charge is 0.490 e. The Morgan fingerprint density at radius 1 is 1.26 bits per heavy atom. The van der Waals surface area contributed by atoms with Crippen LogP contribution in [-0.2, 0) is 0 Å². The fraction of sp³-hybridized carbons (Fsp3) is 0.562. The fourth-order valence-corrected chi connectivity index (χ4v) is 2.05. The molecule has 19 heavy (non-hydrogen) atoms. The second-order valence-electron chi connectivity index (χ2n) is 5.72. The number of nitrogens with zero attached hydrogens (tertiary/aromatic N) is 1. The third-order valence-corrected chi connectivity index (χ3v) is 2.91. The topological polar surface area (TPSA) is 45.0 Å². The van der Waals surface area contributed by atoms with Gasteiger partial charge in [-0.3, -0.25) is 5.32 Å². The van der Waals surface area contributed by atoms with Crippen LogP contribution < -0.4 is 10.1 Å². The summed E-state index contributed by atoms with van der Waals surface area (Å²) < 4.78 is 5.87. The van der Waals surface area contributed by atoms with Gasteiger partial charge in [-0.25, -0.2) is 0 Å². The summed E-state index contributed by atoms with van der Waals surface area (Å²) in [4.78, 5) is 0. The van der Waals surface area contributed by atoms with Gasteiger partial charge in [-0.15, -0.1) is 0 Å². The van der Waals surface area contributed by atoms with Gasteiger partial charge in [-0.05, 0) is 38.3 Å². The third kappa shape index (κ3) is 4.57. The van der Waals surface area contributed by atoms with Crippen LogP contribution in [0.25, 0.3) is 0 Å². The molecule has 1 rings (SSSR count). The lowest BCUT2D eigenvalue weighted by Crippen LogP contribution is -2.49. The highest BCUT2D eigenvalue weighted by atomic mass is 16.5. The number of para-hydroxylation sites is 1. The molecule has 0 fully saturated rings. The van der Waals surface area contributed by atoms with E-state index in [1.54, 1.807) is 0 Å². The molecule has 1 atom stereocenters. The second-order valence-corrected chi connectivity index (χ2v) is 5.72. The van der Waals surface area contributed by atoms with E-state index < -0.39 is 5.54 Å². The van der Waals surface area contributed by atoms with Crippen LogP contribution in [0.2, 0.25) is 0 Å². The van der Waals surface area contributed by atoms with Crippen LogP contribution in [0.4, 0.5) is 0 Å². The number of benzene rings is 1. The van der Waals surface area contributed by atoms with Crippen LogP contribution in [0.5, 0.6) is 5.75 Å². The van der Waals surface area contributed by atoms with E-state index in [1.807, 2.05) is 39.0 Å². The normalized spacial score (nSPS) is 14.2. The lowest BCUT2D eigenvalue weighted by atomic mass is 10.0. The molecule has 0 amide bonds. The summed E-state index contributed by atoms with van der Waals surface area (Å²) in [5, 5.41) is 12.5. The molecule has 0 aliphatic carbocycles. The SMILES string of the molecule is CC(C)NC(C)(C#N)COc1ccccc1C(C)C. The molecule has 0 bridgehead atoms. The maximum atomic E-state index is 9.30. The van der Waals surface area contributed by atoms with Crippen molar-refractivity contribution >= 4 is 0 Å². The second kappa shape index (κ2) is 6.58. The molecule has 0 saturated heterocycles. The first-order valence-corrected chi connectivity index (χ1v) is 6.78. The minimum atomic E-state index is -0.668. The van der Waals surface area contributed by atoms with Crippen molar-refractivity contribution in [2.75, 3.05) is 6.61 Å². The lowest BCUT2D eigenvalue weighted by molar-refractivity contribution is 0.223. The summed E-state index contributed by atoms with van der Waals surface area (Å²) in [6.45, 7) is 10.5. The number of hydrogen-bond donors (Lipinski definition) is 1. The maximum Gasteiger partial charge on any atom is 0.138 e. The van der Waals surface area contributed by atoms with E-state index >= 15 is 0 Å². The number of rotatable bonds is 6. The number of nitrogens with one attached hydrogen (secondary N) is 1. The standard InChI is InChI=1S/C16H24N2O/c1-12(2)14-8-6-7-9-15(14)19-11-16(5,10-17)18-13(3)4/h6-9,12-13,18H,11H2,1-5H3. The van der Waals surface area contributed by atoms with Crippen molar-refractivity contribution < 1.29 is 4.74 Å². The van der Waals surface area contributed by atoms with Crippen LogP contribution in [0.3, 0.4) is 0 Å². The molecule has 0 saturated carbocycles. The third-order valence-electron chi connectivity index (χ3n) is 2.91. The molecule has 1 N–H and O–H groups in total. The van der Waals surface area contributed by atoms with Crippen LogP contribution >= 0.6 is 0 Å². The van der Waals surface area contributed by atoms with Gasteiger partial charge in [0.1, 0.15) is 17.9 Å². The first kappa shape index (κ1) is 15.5. The van der Waals surface area contributed by atoms with Crippen LogP contribution in [0.1, 0.15) is 46.1 Å². The van der Waals surface area contributed by atoms with Crippen molar-refractivity contribution in [3.8, 4) is 11.8 Å². The summed E-state index contributed by atoms with van der Waals surface area (Å²) in [7, 11) is 0. The molecule has 1 aromatic rings. The Bertz CT molecular complexity index is 448. The zero-order valence-electron chi connectivity index (χ0n) is 12.5. The fourth-order valence-electron chi connectivity index (χ4n) is 2.05. The number of hydrogen-bond acceptors (Lipinski definition) is 3. The lowest BCUT2D eigenvalue weighted by Gasteiger charge is -2.26. The smallest absolute Gasteiger partial charge is 0.138 e. The highest BCUT2D eigenvalue weighted by Gasteiger charge is 2.26. The Morgan fingerprint density at radius 2 is 1.89 bits per heavy atom. The van der Waals surface area contributed by atoms with Gasteiger partial charge in [0.2, 0.25) is 0 Å². The quantitative estimate of drug-likeness (QED) is 0.851. The highest BCUT2D eigenvalue weighted by molar-refractivity contribution is 5.35. The van der Waals surface area contributed by atoms with E-state index in [-0.39, 0.29) is 6.04 Å². The zero-order chi connectivity index (χ0) is 14.5. The van der Waals surface area contributed by atoms with Crippen LogP contribution in [-0.4, -0.2) is 18.2 Å². The van der Waals surface area contributed by atoms with Crippen molar-refractivity contribution in [3.63, 3.8) is 0 Å². The molecule has 0 aromatic heterocycles. The first-order valence-electron chi connectivity index (χ1n) is 6.78. The van der Waals surface area contributed by atoms with Gasteiger partial charge in [0.05, 0.1) is 6.07 Å². The number of ether oxygens (including phenoxy) is 1. The molecule has 3 nitrogen and oxygen atoms in total. The minimum Gasteiger partial charge on any atom is -0.490 e. The molecule has 104 valence electrons. The van der Waals surface area contributed by atoms with Crippen molar-refractivity contribution in [1.29, 1.82) is 5.26 Å². The van der Waals surface area contributed by atoms with E-state index in [2.05, 4.69) is 31.3 Å². The average molecular weight is 260 g/mol. The molecule has 1 aromatic carbocycles. The first-order chi connectivity index (χ1) is 8.88. The molecular weight excluding hydrogens is 236 g/mol. The molecule has 0 aliphatic rings. The summed E-state index contributed by atoms with van der Waals surface area (Å²) in [6, 6.07) is 10.5. The Balaban J connectivity index is 2.79. The average Bonchev–Trinajstić information content (AvgIpc) is 2.36. The molecule has 3 heteroatoms. The van der Waals surface area contributed by atoms with Crippen molar-refractivity contribution in [1.82, 2.24) is 5.32 Å². The Labute approximate surface area is 116 Å². The van der Waals surface area contributed by atoms with E-state index in [1.165, 1.54) is 5.56 Å². The summed E-state index contributed by atoms with van der Waals surface area (Å²) in [5.74, 6) is 1.27.